The standard InChI is InChI=1S/C17H14N3/c1-19-10-11-20(12-19)17-13-6-2-4-8-15(13)18-16-9-5-3-7-14(16)17/h2-12H,1H3/q+1. The molecular formula is C17H14N3+. The lowest BCUT2D eigenvalue weighted by molar-refractivity contribution is -0.670. The predicted molar refractivity (Wildman–Crippen MR) is 79.8 cm³/mol. The van der Waals surface area contributed by atoms with Crippen molar-refractivity contribution < 1.29 is 4.57 Å². The molecular weight excluding hydrogens is 246 g/mol. The molecule has 20 heavy (non-hydrogen) atoms. The van der Waals surface area contributed by atoms with Gasteiger partial charge in [-0.1, -0.05) is 24.3 Å². The average Bonchev–Trinajstić information content (AvgIpc) is 2.91. The third kappa shape index (κ3) is 1.60. The summed E-state index contributed by atoms with van der Waals surface area (Å²) in [7, 11) is 2.03. The molecule has 0 aliphatic carbocycles. The van der Waals surface area contributed by atoms with Gasteiger partial charge >= 0.3 is 0 Å². The summed E-state index contributed by atoms with van der Waals surface area (Å²) in [6.07, 6.45) is 6.20. The van der Waals surface area contributed by atoms with Crippen LogP contribution >= 0.6 is 0 Å². The molecule has 0 saturated carbocycles. The van der Waals surface area contributed by atoms with E-state index in [2.05, 4.69) is 53.5 Å². The molecule has 0 saturated heterocycles. The molecule has 4 rings (SSSR count). The number of fused-ring (bicyclic) bond motifs is 2. The maximum Gasteiger partial charge on any atom is 0.248 e. The highest BCUT2D eigenvalue weighted by Gasteiger charge is 2.14. The monoisotopic (exact) mass is 260 g/mol. The van der Waals surface area contributed by atoms with Gasteiger partial charge in [0.1, 0.15) is 12.4 Å². The van der Waals surface area contributed by atoms with Crippen LogP contribution in [0.3, 0.4) is 0 Å². The number of imidazole rings is 1. The topological polar surface area (TPSA) is 21.7 Å². The zero-order chi connectivity index (χ0) is 13.5. The SMILES string of the molecule is C[n+]1ccn(-c2c3ccccc3nc3ccccc23)c1. The van der Waals surface area contributed by atoms with Gasteiger partial charge in [0.05, 0.1) is 18.1 Å². The van der Waals surface area contributed by atoms with Crippen LogP contribution in [-0.4, -0.2) is 9.55 Å². The molecule has 2 aromatic carbocycles. The minimum atomic E-state index is 1.03. The van der Waals surface area contributed by atoms with Crippen molar-refractivity contribution in [3.05, 3.63) is 67.3 Å². The maximum absolute atomic E-state index is 4.75. The normalized spacial score (nSPS) is 11.2. The molecule has 0 N–H and O–H groups in total. The van der Waals surface area contributed by atoms with Crippen LogP contribution in [0, 0.1) is 0 Å². The largest absolute Gasteiger partial charge is 0.248 e. The highest BCUT2D eigenvalue weighted by atomic mass is 15.1. The highest BCUT2D eigenvalue weighted by molar-refractivity contribution is 6.02. The van der Waals surface area contributed by atoms with E-state index in [0.29, 0.717) is 0 Å². The quantitative estimate of drug-likeness (QED) is 0.381. The van der Waals surface area contributed by atoms with E-state index in [9.17, 15) is 0 Å². The number of hydrogen-bond acceptors (Lipinski definition) is 1. The van der Waals surface area contributed by atoms with Crippen molar-refractivity contribution >= 4 is 21.8 Å². The number of pyridine rings is 1. The summed E-state index contributed by atoms with van der Waals surface area (Å²) < 4.78 is 4.20. The molecule has 0 fully saturated rings. The van der Waals surface area contributed by atoms with E-state index >= 15 is 0 Å². The minimum Gasteiger partial charge on any atom is -0.247 e. The van der Waals surface area contributed by atoms with Crippen molar-refractivity contribution in [3.63, 3.8) is 0 Å². The Kier molecular flexibility index (Phi) is 2.33. The van der Waals surface area contributed by atoms with E-state index < -0.39 is 0 Å². The zero-order valence-corrected chi connectivity index (χ0v) is 11.2. The van der Waals surface area contributed by atoms with Crippen molar-refractivity contribution in [1.82, 2.24) is 9.55 Å². The van der Waals surface area contributed by atoms with E-state index in [1.165, 1.54) is 16.5 Å². The molecule has 0 atom stereocenters. The summed E-state index contributed by atoms with van der Waals surface area (Å²) in [5.74, 6) is 0. The molecule has 3 heteroatoms. The lowest BCUT2D eigenvalue weighted by atomic mass is 10.1. The molecule has 96 valence electrons. The van der Waals surface area contributed by atoms with Crippen molar-refractivity contribution in [2.45, 2.75) is 0 Å². The first kappa shape index (κ1) is 11.2. The van der Waals surface area contributed by atoms with Gasteiger partial charge < -0.3 is 0 Å². The van der Waals surface area contributed by atoms with Crippen molar-refractivity contribution in [1.29, 1.82) is 0 Å². The van der Waals surface area contributed by atoms with Crippen molar-refractivity contribution in [2.24, 2.45) is 7.05 Å². The second kappa shape index (κ2) is 4.17. The van der Waals surface area contributed by atoms with E-state index in [1.54, 1.807) is 0 Å². The van der Waals surface area contributed by atoms with Gasteiger partial charge in [0.15, 0.2) is 5.69 Å². The summed E-state index contributed by atoms with van der Waals surface area (Å²) in [5.41, 5.74) is 3.24. The molecule has 0 amide bonds. The summed E-state index contributed by atoms with van der Waals surface area (Å²) in [5, 5.41) is 2.34. The molecule has 0 aliphatic heterocycles. The summed E-state index contributed by atoms with van der Waals surface area (Å²) >= 11 is 0. The zero-order valence-electron chi connectivity index (χ0n) is 11.2. The number of hydrogen-bond donors (Lipinski definition) is 0. The van der Waals surface area contributed by atoms with Crippen LogP contribution in [0.25, 0.3) is 27.5 Å². The van der Waals surface area contributed by atoms with Gasteiger partial charge in [-0.25, -0.2) is 14.1 Å². The molecule has 4 aromatic rings. The minimum absolute atomic E-state index is 1.03. The van der Waals surface area contributed by atoms with Crippen molar-refractivity contribution in [3.8, 4) is 5.69 Å². The fraction of sp³-hybridized carbons (Fsp3) is 0.0588. The van der Waals surface area contributed by atoms with Gasteiger partial charge in [0.2, 0.25) is 6.33 Å². The number of para-hydroxylation sites is 2. The Morgan fingerprint density at radius 2 is 1.50 bits per heavy atom. The van der Waals surface area contributed by atoms with Crippen LogP contribution in [-0.2, 0) is 7.05 Å². The molecule has 2 aromatic heterocycles. The van der Waals surface area contributed by atoms with E-state index in [1.807, 2.05) is 29.9 Å². The van der Waals surface area contributed by atoms with Crippen LogP contribution in [0.5, 0.6) is 0 Å². The van der Waals surface area contributed by atoms with Crippen LogP contribution in [0.1, 0.15) is 0 Å². The molecule has 0 bridgehead atoms. The Hall–Kier alpha value is -2.68. The lowest BCUT2D eigenvalue weighted by Crippen LogP contribution is -2.23. The van der Waals surface area contributed by atoms with Crippen molar-refractivity contribution in [2.75, 3.05) is 0 Å². The number of aryl methyl sites for hydroxylation is 1. The third-order valence-corrected chi connectivity index (χ3v) is 3.59. The third-order valence-electron chi connectivity index (χ3n) is 3.59. The Balaban J connectivity index is 2.23. The summed E-state index contributed by atoms with van der Waals surface area (Å²) in [4.78, 5) is 4.75. The molecule has 3 nitrogen and oxygen atoms in total. The Labute approximate surface area is 116 Å². The molecule has 0 spiro atoms. The Morgan fingerprint density at radius 3 is 2.05 bits per heavy atom. The number of benzene rings is 2. The van der Waals surface area contributed by atoms with Gasteiger partial charge in [-0.05, 0) is 24.3 Å². The van der Waals surface area contributed by atoms with Crippen LogP contribution in [0.15, 0.2) is 67.3 Å². The molecule has 0 aliphatic rings. The first-order valence-corrected chi connectivity index (χ1v) is 6.64. The van der Waals surface area contributed by atoms with Crippen LogP contribution < -0.4 is 4.57 Å². The Morgan fingerprint density at radius 1 is 0.900 bits per heavy atom. The fourth-order valence-electron chi connectivity index (χ4n) is 2.68. The van der Waals surface area contributed by atoms with E-state index in [4.69, 9.17) is 4.98 Å². The van der Waals surface area contributed by atoms with Crippen LogP contribution in [0.4, 0.5) is 0 Å². The van der Waals surface area contributed by atoms with Crippen LogP contribution in [0.2, 0.25) is 0 Å². The Bertz CT molecular complexity index is 868. The highest BCUT2D eigenvalue weighted by Crippen LogP contribution is 2.28. The average molecular weight is 260 g/mol. The maximum atomic E-state index is 4.75. The smallest absolute Gasteiger partial charge is 0.247 e. The van der Waals surface area contributed by atoms with Gasteiger partial charge in [-0.15, -0.1) is 0 Å². The molecule has 0 unspecified atom stereocenters. The van der Waals surface area contributed by atoms with Gasteiger partial charge in [-0.2, -0.15) is 0 Å². The lowest BCUT2D eigenvalue weighted by Gasteiger charge is -2.07. The van der Waals surface area contributed by atoms with Gasteiger partial charge in [0.25, 0.3) is 0 Å². The van der Waals surface area contributed by atoms with E-state index in [-0.39, 0.29) is 0 Å². The first-order chi connectivity index (χ1) is 9.83. The molecule has 0 radical (unpaired) electrons. The fourth-order valence-corrected chi connectivity index (χ4v) is 2.68. The summed E-state index contributed by atoms with van der Waals surface area (Å²) in [6, 6.07) is 16.6. The second-order valence-corrected chi connectivity index (χ2v) is 4.98. The number of rotatable bonds is 1. The summed E-state index contributed by atoms with van der Waals surface area (Å²) in [6.45, 7) is 0. The molecule has 2 heterocycles. The van der Waals surface area contributed by atoms with Gasteiger partial charge in [-0.3, -0.25) is 0 Å². The predicted octanol–water partition coefficient (Wildman–Crippen LogP) is 3.00. The van der Waals surface area contributed by atoms with E-state index in [0.717, 1.165) is 11.0 Å². The number of aromatic nitrogens is 3. The van der Waals surface area contributed by atoms with Gasteiger partial charge in [0, 0.05) is 10.8 Å². The number of nitrogens with zero attached hydrogens (tertiary/aromatic N) is 3. The first-order valence-electron chi connectivity index (χ1n) is 6.64. The second-order valence-electron chi connectivity index (χ2n) is 4.98.